The Kier molecular flexibility index (Phi) is 8.91. The van der Waals surface area contributed by atoms with Crippen molar-refractivity contribution in [3.05, 3.63) is 29.2 Å². The van der Waals surface area contributed by atoms with Gasteiger partial charge in [0.15, 0.2) is 0 Å². The summed E-state index contributed by atoms with van der Waals surface area (Å²) in [6.45, 7) is 0. The normalized spacial score (nSPS) is 9.00. The molecule has 0 unspecified atom stereocenters. The van der Waals surface area contributed by atoms with Crippen LogP contribution in [0.3, 0.4) is 0 Å². The Morgan fingerprint density at radius 3 is 2.76 bits per heavy atom. The molecule has 0 radical (unpaired) electrons. The number of amides is 2. The molecule has 0 spiro atoms. The topological polar surface area (TPSA) is 136 Å². The molecule has 0 aliphatic rings. The van der Waals surface area contributed by atoms with Crippen molar-refractivity contribution in [1.82, 2.24) is 0 Å². The molecule has 0 bridgehead atoms. The maximum Gasteiger partial charge on any atom is 2.00 e. The number of primary amides is 1. The van der Waals surface area contributed by atoms with Crippen LogP contribution in [0.2, 0.25) is 0 Å². The van der Waals surface area contributed by atoms with Gasteiger partial charge in [0.05, 0.1) is 12.7 Å². The van der Waals surface area contributed by atoms with Gasteiger partial charge in [-0.1, -0.05) is 6.07 Å². The van der Waals surface area contributed by atoms with Crippen molar-refractivity contribution in [2.45, 2.75) is 0 Å². The third-order valence-electron chi connectivity index (χ3n) is 1.64. The van der Waals surface area contributed by atoms with E-state index >= 15 is 0 Å². The van der Waals surface area contributed by atoms with Gasteiger partial charge in [-0.2, -0.15) is 0 Å². The minimum absolute atomic E-state index is 0. The Morgan fingerprint density at radius 2 is 2.24 bits per heavy atom. The molecule has 0 aromatic heterocycles. The fourth-order valence-electron chi connectivity index (χ4n) is 0.976. The van der Waals surface area contributed by atoms with E-state index in [9.17, 15) is 0 Å². The monoisotopic (exact) mass is 333 g/mol. The van der Waals surface area contributed by atoms with Gasteiger partial charge in [0.25, 0.3) is 0 Å². The van der Waals surface area contributed by atoms with E-state index < -0.39 is 6.03 Å². The van der Waals surface area contributed by atoms with Crippen molar-refractivity contribution in [3.63, 3.8) is 0 Å². The minimum Gasteiger partial charge on any atom is -0.870 e. The van der Waals surface area contributed by atoms with Gasteiger partial charge < -0.3 is 21.1 Å². The van der Waals surface area contributed by atoms with Crippen LogP contribution in [-0.2, 0) is 20.4 Å². The molecular formula is C9H13N3O4Pd+2. The Morgan fingerprint density at radius 1 is 1.59 bits per heavy atom. The molecule has 96 valence electrons. The standard InChI is InChI=1S/C9H11N3O3.H2O.Pd/c1-15-7-4-2-3-6(8(7)13)5-11-12-9(10)14;;/h2-5H,1H3,(H4,10,11,12,13,14);1H2;/q;;+2. The van der Waals surface area contributed by atoms with E-state index in [-0.39, 0.29) is 31.6 Å². The number of carbonyl (C=O) groups excluding carboxylic acids is 1. The second kappa shape index (κ2) is 8.52. The van der Waals surface area contributed by atoms with Gasteiger partial charge in [-0.25, -0.2) is 0 Å². The van der Waals surface area contributed by atoms with Crippen molar-refractivity contribution >= 4 is 12.2 Å². The number of hydrogen-bond donors (Lipinski definition) is 1. The summed E-state index contributed by atoms with van der Waals surface area (Å²) in [6, 6.07) is 4.45. The molecular weight excluding hydrogens is 321 g/mol. The Hall–Kier alpha value is -1.62. The van der Waals surface area contributed by atoms with Gasteiger partial charge in [-0.15, -0.1) is 0 Å². The number of urea groups is 1. The van der Waals surface area contributed by atoms with Crippen LogP contribution in [0.4, 0.5) is 0 Å². The molecule has 7 nitrogen and oxygen atoms in total. The quantitative estimate of drug-likeness (QED) is 0.362. The summed E-state index contributed by atoms with van der Waals surface area (Å²) in [5.41, 5.74) is 8.61. The van der Waals surface area contributed by atoms with Gasteiger partial charge in [0.2, 0.25) is 5.75 Å². The molecule has 0 atom stereocenters. The SMILES string of the molecule is COc1cccc(C=N[N-]C(N)=[OH+])c1[OH2+].[OH-].[Pd+2]. The summed E-state index contributed by atoms with van der Waals surface area (Å²) in [7, 11) is 1.48. The van der Waals surface area contributed by atoms with Crippen LogP contribution in [0.25, 0.3) is 5.43 Å². The molecule has 8 heteroatoms. The molecule has 0 aliphatic carbocycles. The fourth-order valence-corrected chi connectivity index (χ4v) is 0.976. The van der Waals surface area contributed by atoms with Crippen LogP contribution in [0.15, 0.2) is 23.3 Å². The van der Waals surface area contributed by atoms with Crippen molar-refractivity contribution in [1.29, 1.82) is 0 Å². The molecule has 1 rings (SSSR count). The maximum atomic E-state index is 8.54. The molecule has 0 aliphatic heterocycles. The molecule has 6 N–H and O–H groups in total. The maximum absolute atomic E-state index is 8.54. The van der Waals surface area contributed by atoms with Crippen LogP contribution < -0.4 is 10.5 Å². The summed E-state index contributed by atoms with van der Waals surface area (Å²) in [6.07, 6.45) is 1.31. The molecule has 0 saturated carbocycles. The molecule has 0 heterocycles. The van der Waals surface area contributed by atoms with Crippen LogP contribution in [0, 0.1) is 0 Å². The van der Waals surface area contributed by atoms with Gasteiger partial charge in [-0.05, 0) is 12.1 Å². The number of methoxy groups -OCH3 is 1. The van der Waals surface area contributed by atoms with E-state index in [4.69, 9.17) is 20.4 Å². The predicted octanol–water partition coefficient (Wildman–Crippen LogP) is 0.0800. The zero-order valence-electron chi connectivity index (χ0n) is 8.90. The van der Waals surface area contributed by atoms with Gasteiger partial charge in [-0.3, -0.25) is 15.3 Å². The van der Waals surface area contributed by atoms with Crippen LogP contribution in [0.5, 0.6) is 11.5 Å². The number of benzene rings is 1. The zero-order valence-corrected chi connectivity index (χ0v) is 10.5. The second-order valence-electron chi connectivity index (χ2n) is 2.63. The molecule has 1 aromatic carbocycles. The summed E-state index contributed by atoms with van der Waals surface area (Å²) in [5, 5.41) is 11.2. The van der Waals surface area contributed by atoms with Crippen molar-refractivity contribution in [2.24, 2.45) is 10.8 Å². The number of nitrogens with zero attached hydrogens (tertiary/aromatic N) is 2. The number of ether oxygens (including phenoxy) is 1. The number of nitrogens with two attached hydrogens (primary N) is 1. The van der Waals surface area contributed by atoms with E-state index in [0.29, 0.717) is 11.3 Å². The average Bonchev–Trinajstić information content (AvgIpc) is 2.20. The summed E-state index contributed by atoms with van der Waals surface area (Å²) in [5.74, 6) is 0.648. The van der Waals surface area contributed by atoms with Gasteiger partial charge in [0.1, 0.15) is 0 Å². The molecule has 17 heavy (non-hydrogen) atoms. The first-order valence-electron chi connectivity index (χ1n) is 4.09. The van der Waals surface area contributed by atoms with E-state index in [2.05, 4.69) is 10.5 Å². The first-order valence-corrected chi connectivity index (χ1v) is 4.09. The van der Waals surface area contributed by atoms with E-state index in [1.807, 2.05) is 0 Å². The van der Waals surface area contributed by atoms with E-state index in [1.54, 1.807) is 18.2 Å². The predicted molar refractivity (Wildman–Crippen MR) is 60.1 cm³/mol. The van der Waals surface area contributed by atoms with Crippen molar-refractivity contribution < 1.29 is 40.5 Å². The smallest absolute Gasteiger partial charge is 0.870 e. The van der Waals surface area contributed by atoms with Crippen LogP contribution in [0.1, 0.15) is 5.56 Å². The van der Waals surface area contributed by atoms with E-state index in [1.165, 1.54) is 13.3 Å². The molecule has 2 amide bonds. The van der Waals surface area contributed by atoms with Crippen LogP contribution >= 0.6 is 0 Å². The third kappa shape index (κ3) is 5.31. The Labute approximate surface area is 112 Å². The van der Waals surface area contributed by atoms with E-state index in [0.717, 1.165) is 0 Å². The van der Waals surface area contributed by atoms with Gasteiger partial charge in [0, 0.05) is 6.21 Å². The minimum atomic E-state index is -0.624. The number of para-hydroxylation sites is 1. The third-order valence-corrected chi connectivity index (χ3v) is 1.64. The number of hydrogen-bond acceptors (Lipinski definition) is 3. The molecule has 1 aromatic rings. The molecule has 0 fully saturated rings. The number of rotatable bonds is 3. The summed E-state index contributed by atoms with van der Waals surface area (Å²) >= 11 is 0. The average molecular weight is 334 g/mol. The summed E-state index contributed by atoms with van der Waals surface area (Å²) < 4.78 is 4.95. The molecule has 0 saturated heterocycles. The first kappa shape index (κ1) is 17.8. The van der Waals surface area contributed by atoms with Crippen LogP contribution in [-0.4, -0.2) is 34.7 Å². The Bertz CT molecular complexity index is 398. The van der Waals surface area contributed by atoms with Crippen molar-refractivity contribution in [3.8, 4) is 11.5 Å². The first-order chi connectivity index (χ1) is 7.15. The Balaban J connectivity index is 0. The second-order valence-corrected chi connectivity index (χ2v) is 2.63. The summed E-state index contributed by atoms with van der Waals surface area (Å²) in [4.78, 5) is 8.54. The van der Waals surface area contributed by atoms with Gasteiger partial charge >= 0.3 is 32.2 Å². The largest absolute Gasteiger partial charge is 2.00 e. The fraction of sp³-hybridized carbons (Fsp3) is 0.111. The zero-order chi connectivity index (χ0) is 11.3. The van der Waals surface area contributed by atoms with Crippen molar-refractivity contribution in [2.75, 3.05) is 7.11 Å².